The SMILES string of the molecule is CN(c1ccc(C(=O)O)cc1)S(=O)(=O)c1ccc(Br)s1. The van der Waals surface area contributed by atoms with Crippen molar-refractivity contribution in [3.05, 3.63) is 45.7 Å². The highest BCUT2D eigenvalue weighted by molar-refractivity contribution is 9.11. The molecule has 0 fully saturated rings. The molecule has 0 aliphatic carbocycles. The van der Waals surface area contributed by atoms with Crippen LogP contribution in [0, 0.1) is 0 Å². The Morgan fingerprint density at radius 3 is 2.25 bits per heavy atom. The number of aromatic carboxylic acids is 1. The van der Waals surface area contributed by atoms with E-state index < -0.39 is 16.0 Å². The number of hydrogen-bond acceptors (Lipinski definition) is 4. The molecule has 2 aromatic rings. The van der Waals surface area contributed by atoms with Gasteiger partial charge in [0.1, 0.15) is 4.21 Å². The van der Waals surface area contributed by atoms with Crippen LogP contribution in [-0.2, 0) is 10.0 Å². The molecule has 0 bridgehead atoms. The second kappa shape index (κ2) is 5.55. The molecular weight excluding hydrogens is 366 g/mol. The quantitative estimate of drug-likeness (QED) is 0.890. The van der Waals surface area contributed by atoms with Gasteiger partial charge in [-0.05, 0) is 52.3 Å². The minimum Gasteiger partial charge on any atom is -0.478 e. The number of carbonyl (C=O) groups is 1. The molecule has 0 spiro atoms. The summed E-state index contributed by atoms with van der Waals surface area (Å²) in [4.78, 5) is 10.8. The van der Waals surface area contributed by atoms with Crippen LogP contribution in [0.2, 0.25) is 0 Å². The Balaban J connectivity index is 2.35. The van der Waals surface area contributed by atoms with E-state index in [2.05, 4.69) is 15.9 Å². The Kier molecular flexibility index (Phi) is 4.17. The van der Waals surface area contributed by atoms with E-state index in [1.807, 2.05) is 0 Å². The molecule has 2 rings (SSSR count). The Labute approximate surface area is 128 Å². The lowest BCUT2D eigenvalue weighted by Gasteiger charge is -2.18. The summed E-state index contributed by atoms with van der Waals surface area (Å²) in [7, 11) is -2.20. The number of carboxylic acid groups (broad SMARTS) is 1. The molecule has 1 N–H and O–H groups in total. The number of thiophene rings is 1. The average molecular weight is 376 g/mol. The summed E-state index contributed by atoms with van der Waals surface area (Å²) < 4.78 is 26.8. The fourth-order valence-corrected chi connectivity index (χ4v) is 4.90. The molecular formula is C12H10BrNO4S2. The molecule has 8 heteroatoms. The molecule has 1 aromatic heterocycles. The summed E-state index contributed by atoms with van der Waals surface area (Å²) in [6.45, 7) is 0. The minimum absolute atomic E-state index is 0.110. The molecule has 5 nitrogen and oxygen atoms in total. The van der Waals surface area contributed by atoms with Crippen LogP contribution in [0.15, 0.2) is 44.4 Å². The topological polar surface area (TPSA) is 74.7 Å². The zero-order chi connectivity index (χ0) is 14.9. The van der Waals surface area contributed by atoms with Gasteiger partial charge in [0.25, 0.3) is 10.0 Å². The van der Waals surface area contributed by atoms with E-state index in [0.29, 0.717) is 5.69 Å². The molecule has 1 heterocycles. The summed E-state index contributed by atoms with van der Waals surface area (Å²) in [5, 5.41) is 8.82. The van der Waals surface area contributed by atoms with Crippen LogP contribution in [0.4, 0.5) is 5.69 Å². The molecule has 0 aliphatic heterocycles. The summed E-state index contributed by atoms with van der Waals surface area (Å²) in [5.74, 6) is -1.05. The van der Waals surface area contributed by atoms with Crippen molar-refractivity contribution in [2.45, 2.75) is 4.21 Å². The third-order valence-corrected chi connectivity index (χ3v) is 6.52. The van der Waals surface area contributed by atoms with Crippen molar-refractivity contribution >= 4 is 48.9 Å². The average Bonchev–Trinajstić information content (AvgIpc) is 2.85. The highest BCUT2D eigenvalue weighted by Gasteiger charge is 2.23. The van der Waals surface area contributed by atoms with Crippen molar-refractivity contribution in [3.8, 4) is 0 Å². The first-order valence-corrected chi connectivity index (χ1v) is 8.45. The Bertz CT molecular complexity index is 737. The largest absolute Gasteiger partial charge is 0.478 e. The number of anilines is 1. The van der Waals surface area contributed by atoms with Crippen LogP contribution >= 0.6 is 27.3 Å². The number of sulfonamides is 1. The molecule has 1 aromatic carbocycles. The summed E-state index contributed by atoms with van der Waals surface area (Å²) in [6, 6.07) is 8.85. The van der Waals surface area contributed by atoms with Gasteiger partial charge in [0.15, 0.2) is 0 Å². The Morgan fingerprint density at radius 2 is 1.80 bits per heavy atom. The monoisotopic (exact) mass is 375 g/mol. The summed E-state index contributed by atoms with van der Waals surface area (Å²) in [5.41, 5.74) is 0.512. The van der Waals surface area contributed by atoms with Gasteiger partial charge in [-0.2, -0.15) is 0 Å². The molecule has 0 atom stereocenters. The van der Waals surface area contributed by atoms with Gasteiger partial charge >= 0.3 is 5.97 Å². The lowest BCUT2D eigenvalue weighted by atomic mass is 10.2. The number of benzene rings is 1. The third-order valence-electron chi connectivity index (χ3n) is 2.64. The highest BCUT2D eigenvalue weighted by Crippen LogP contribution is 2.30. The van der Waals surface area contributed by atoms with Crippen LogP contribution in [0.5, 0.6) is 0 Å². The first-order valence-electron chi connectivity index (χ1n) is 5.40. The van der Waals surface area contributed by atoms with Crippen molar-refractivity contribution < 1.29 is 18.3 Å². The second-order valence-corrected chi connectivity index (χ2v) is 8.54. The first-order chi connectivity index (χ1) is 9.32. The van der Waals surface area contributed by atoms with Gasteiger partial charge in [0.05, 0.1) is 15.0 Å². The molecule has 0 saturated carbocycles. The van der Waals surface area contributed by atoms with Crippen LogP contribution in [-0.4, -0.2) is 26.5 Å². The molecule has 0 amide bonds. The van der Waals surface area contributed by atoms with Gasteiger partial charge in [0.2, 0.25) is 0 Å². The fraction of sp³-hybridized carbons (Fsp3) is 0.0833. The van der Waals surface area contributed by atoms with E-state index >= 15 is 0 Å². The van der Waals surface area contributed by atoms with Crippen molar-refractivity contribution in [2.24, 2.45) is 0 Å². The molecule has 0 aliphatic rings. The second-order valence-electron chi connectivity index (χ2n) is 3.88. The maximum Gasteiger partial charge on any atom is 0.335 e. The van der Waals surface area contributed by atoms with Crippen LogP contribution in [0.1, 0.15) is 10.4 Å². The van der Waals surface area contributed by atoms with Crippen molar-refractivity contribution in [1.29, 1.82) is 0 Å². The zero-order valence-corrected chi connectivity index (χ0v) is 13.5. The molecule has 106 valence electrons. The first kappa shape index (κ1) is 15.0. The van der Waals surface area contributed by atoms with Crippen LogP contribution in [0.3, 0.4) is 0 Å². The number of hydrogen-bond donors (Lipinski definition) is 1. The third kappa shape index (κ3) is 2.87. The van der Waals surface area contributed by atoms with E-state index in [0.717, 1.165) is 19.4 Å². The minimum atomic E-state index is -3.63. The van der Waals surface area contributed by atoms with Gasteiger partial charge in [0, 0.05) is 7.05 Å². The van der Waals surface area contributed by atoms with Crippen LogP contribution in [0.25, 0.3) is 0 Å². The standard InChI is InChI=1S/C12H10BrNO4S2/c1-14(9-4-2-8(3-5-9)12(15)16)20(17,18)11-7-6-10(13)19-11/h2-7H,1H3,(H,15,16). The maximum atomic E-state index is 12.4. The van der Waals surface area contributed by atoms with Gasteiger partial charge in [-0.3, -0.25) is 4.31 Å². The van der Waals surface area contributed by atoms with Crippen molar-refractivity contribution in [2.75, 3.05) is 11.4 Å². The smallest absolute Gasteiger partial charge is 0.335 e. The molecule has 20 heavy (non-hydrogen) atoms. The predicted molar refractivity (Wildman–Crippen MR) is 81.0 cm³/mol. The number of carboxylic acids is 1. The van der Waals surface area contributed by atoms with E-state index in [1.54, 1.807) is 6.07 Å². The molecule has 0 saturated heterocycles. The van der Waals surface area contributed by atoms with E-state index in [-0.39, 0.29) is 9.77 Å². The lowest BCUT2D eigenvalue weighted by Crippen LogP contribution is -2.25. The van der Waals surface area contributed by atoms with Gasteiger partial charge in [-0.15, -0.1) is 11.3 Å². The number of nitrogens with zero attached hydrogens (tertiary/aromatic N) is 1. The number of rotatable bonds is 4. The van der Waals surface area contributed by atoms with Gasteiger partial charge < -0.3 is 5.11 Å². The Morgan fingerprint density at radius 1 is 1.20 bits per heavy atom. The van der Waals surface area contributed by atoms with Crippen molar-refractivity contribution in [3.63, 3.8) is 0 Å². The summed E-state index contributed by atoms with van der Waals surface area (Å²) in [6.07, 6.45) is 0. The Hall–Kier alpha value is -1.38. The lowest BCUT2D eigenvalue weighted by molar-refractivity contribution is 0.0697. The zero-order valence-electron chi connectivity index (χ0n) is 10.3. The van der Waals surface area contributed by atoms with E-state index in [1.165, 1.54) is 37.4 Å². The normalized spacial score (nSPS) is 11.3. The van der Waals surface area contributed by atoms with Crippen molar-refractivity contribution in [1.82, 2.24) is 0 Å². The van der Waals surface area contributed by atoms with Gasteiger partial charge in [-0.25, -0.2) is 13.2 Å². The molecule has 0 unspecified atom stereocenters. The van der Waals surface area contributed by atoms with E-state index in [9.17, 15) is 13.2 Å². The molecule has 0 radical (unpaired) electrons. The van der Waals surface area contributed by atoms with Crippen LogP contribution < -0.4 is 4.31 Å². The number of halogens is 1. The highest BCUT2D eigenvalue weighted by atomic mass is 79.9. The maximum absolute atomic E-state index is 12.4. The fourth-order valence-electron chi connectivity index (χ4n) is 1.52. The summed E-state index contributed by atoms with van der Waals surface area (Å²) >= 11 is 4.34. The van der Waals surface area contributed by atoms with Gasteiger partial charge in [-0.1, -0.05) is 0 Å². The predicted octanol–water partition coefficient (Wildman–Crippen LogP) is 3.03. The van der Waals surface area contributed by atoms with E-state index in [4.69, 9.17) is 5.11 Å².